The number of alkyl halides is 2. The fraction of sp³-hybridized carbons (Fsp3) is 0.111. The average Bonchev–Trinajstić information content (AvgIpc) is 2.61. The van der Waals surface area contributed by atoms with Crippen molar-refractivity contribution in [2.45, 2.75) is 6.43 Å². The highest BCUT2D eigenvalue weighted by atomic mass is 19.3. The highest BCUT2D eigenvalue weighted by Gasteiger charge is 2.11. The number of pyridine rings is 1. The smallest absolute Gasteiger partial charge is 0.281 e. The molecule has 0 aliphatic carbocycles. The zero-order valence-corrected chi connectivity index (χ0v) is 7.52. The van der Waals surface area contributed by atoms with Gasteiger partial charge in [0.1, 0.15) is 11.3 Å². The van der Waals surface area contributed by atoms with E-state index < -0.39 is 6.43 Å². The number of anilines is 1. The third kappa shape index (κ3) is 1.78. The fourth-order valence-corrected chi connectivity index (χ4v) is 1.27. The summed E-state index contributed by atoms with van der Waals surface area (Å²) < 4.78 is 26.1. The van der Waals surface area contributed by atoms with Gasteiger partial charge in [0.25, 0.3) is 6.43 Å². The van der Waals surface area contributed by atoms with Gasteiger partial charge in [-0.25, -0.2) is 13.8 Å². The first kappa shape index (κ1) is 9.57. The number of amides is 1. The van der Waals surface area contributed by atoms with Crippen LogP contribution in [0.15, 0.2) is 24.5 Å². The van der Waals surface area contributed by atoms with Crippen molar-refractivity contribution in [1.29, 1.82) is 0 Å². The molecule has 0 unspecified atom stereocenters. The predicted molar refractivity (Wildman–Crippen MR) is 49.8 cm³/mol. The molecule has 0 atom stereocenters. The normalized spacial score (nSPS) is 10.9. The van der Waals surface area contributed by atoms with Gasteiger partial charge < -0.3 is 9.72 Å². The van der Waals surface area contributed by atoms with Crippen molar-refractivity contribution in [2.75, 3.05) is 5.32 Å². The van der Waals surface area contributed by atoms with E-state index >= 15 is 0 Å². The Kier molecular flexibility index (Phi) is 2.32. The van der Waals surface area contributed by atoms with Gasteiger partial charge in [-0.1, -0.05) is 0 Å². The average molecular weight is 211 g/mol. The molecule has 0 aliphatic heterocycles. The van der Waals surface area contributed by atoms with Crippen LogP contribution >= 0.6 is 0 Å². The van der Waals surface area contributed by atoms with Gasteiger partial charge in [-0.3, -0.25) is 4.79 Å². The second-order valence-electron chi connectivity index (χ2n) is 2.91. The number of aromatic nitrogens is 2. The van der Waals surface area contributed by atoms with Crippen molar-refractivity contribution < 1.29 is 13.6 Å². The zero-order chi connectivity index (χ0) is 10.8. The maximum Gasteiger partial charge on any atom is 0.281 e. The summed E-state index contributed by atoms with van der Waals surface area (Å²) in [7, 11) is 0. The molecule has 0 saturated heterocycles. The van der Waals surface area contributed by atoms with E-state index in [9.17, 15) is 13.6 Å². The van der Waals surface area contributed by atoms with E-state index in [0.29, 0.717) is 17.7 Å². The van der Waals surface area contributed by atoms with Crippen LogP contribution in [0, 0.1) is 0 Å². The summed E-state index contributed by atoms with van der Waals surface area (Å²) >= 11 is 0. The Hall–Kier alpha value is -1.98. The Morgan fingerprint density at radius 3 is 2.87 bits per heavy atom. The number of imidazole rings is 1. The molecule has 6 heteroatoms. The van der Waals surface area contributed by atoms with Crippen LogP contribution in [0.25, 0.3) is 5.65 Å². The lowest BCUT2D eigenvalue weighted by molar-refractivity contribution is -0.105. The largest absolute Gasteiger partial charge is 0.327 e. The minimum Gasteiger partial charge on any atom is -0.327 e. The molecular weight excluding hydrogens is 204 g/mol. The van der Waals surface area contributed by atoms with Crippen molar-refractivity contribution in [3.63, 3.8) is 0 Å². The maximum atomic E-state index is 12.3. The van der Waals surface area contributed by atoms with Crippen LogP contribution in [0.5, 0.6) is 0 Å². The first-order valence-electron chi connectivity index (χ1n) is 4.17. The summed E-state index contributed by atoms with van der Waals surface area (Å²) in [4.78, 5) is 13.9. The molecule has 0 saturated carbocycles. The molecule has 2 heterocycles. The number of nitrogens with one attached hydrogen (secondary N) is 1. The van der Waals surface area contributed by atoms with Crippen molar-refractivity contribution in [3.05, 3.63) is 30.2 Å². The number of halogens is 2. The highest BCUT2D eigenvalue weighted by Crippen LogP contribution is 2.19. The van der Waals surface area contributed by atoms with Gasteiger partial charge in [-0.15, -0.1) is 0 Å². The molecule has 78 valence electrons. The molecule has 1 N–H and O–H groups in total. The molecule has 0 bridgehead atoms. The molecule has 2 aromatic rings. The van der Waals surface area contributed by atoms with E-state index in [1.54, 1.807) is 12.1 Å². The second-order valence-corrected chi connectivity index (χ2v) is 2.91. The topological polar surface area (TPSA) is 46.4 Å². The molecule has 15 heavy (non-hydrogen) atoms. The predicted octanol–water partition coefficient (Wildman–Crippen LogP) is 1.84. The number of carbonyl (C=O) groups is 1. The standard InChI is InChI=1S/C9H7F2N3O/c10-9(11)7-4-14-3-6(12-5-15)1-2-8(14)13-7/h1-5,9H,(H,12,15). The van der Waals surface area contributed by atoms with Gasteiger partial charge in [-0.05, 0) is 12.1 Å². The lowest BCUT2D eigenvalue weighted by Crippen LogP contribution is -1.95. The molecule has 0 aromatic carbocycles. The van der Waals surface area contributed by atoms with Crippen LogP contribution in [0.4, 0.5) is 14.5 Å². The van der Waals surface area contributed by atoms with Crippen LogP contribution < -0.4 is 5.32 Å². The summed E-state index contributed by atoms with van der Waals surface area (Å²) in [5.74, 6) is 0. The number of nitrogens with zero attached hydrogens (tertiary/aromatic N) is 2. The van der Waals surface area contributed by atoms with Crippen molar-refractivity contribution in [1.82, 2.24) is 9.38 Å². The van der Waals surface area contributed by atoms with Gasteiger partial charge in [0.15, 0.2) is 0 Å². The molecular formula is C9H7F2N3O. The van der Waals surface area contributed by atoms with Gasteiger partial charge in [-0.2, -0.15) is 0 Å². The Morgan fingerprint density at radius 2 is 2.20 bits per heavy atom. The number of hydrogen-bond acceptors (Lipinski definition) is 2. The van der Waals surface area contributed by atoms with Gasteiger partial charge >= 0.3 is 0 Å². The molecule has 0 spiro atoms. The Labute approximate surface area is 83.5 Å². The summed E-state index contributed by atoms with van der Waals surface area (Å²) in [6, 6.07) is 3.14. The Balaban J connectivity index is 2.47. The molecule has 1 amide bonds. The van der Waals surface area contributed by atoms with Crippen LogP contribution in [0.2, 0.25) is 0 Å². The Bertz CT molecular complexity index is 495. The summed E-state index contributed by atoms with van der Waals surface area (Å²) in [5, 5.41) is 2.42. The first-order valence-corrected chi connectivity index (χ1v) is 4.17. The fourth-order valence-electron chi connectivity index (χ4n) is 1.27. The van der Waals surface area contributed by atoms with Crippen LogP contribution in [-0.2, 0) is 4.79 Å². The SMILES string of the molecule is O=CNc1ccc2nc(C(F)F)cn2c1. The van der Waals surface area contributed by atoms with E-state index in [4.69, 9.17) is 0 Å². The highest BCUT2D eigenvalue weighted by molar-refractivity contribution is 5.71. The number of carbonyl (C=O) groups excluding carboxylic acids is 1. The quantitative estimate of drug-likeness (QED) is 0.787. The lowest BCUT2D eigenvalue weighted by Gasteiger charge is -1.98. The molecule has 0 aliphatic rings. The molecule has 2 aromatic heterocycles. The van der Waals surface area contributed by atoms with Gasteiger partial charge in [0.2, 0.25) is 6.41 Å². The van der Waals surface area contributed by atoms with Crippen molar-refractivity contribution >= 4 is 17.7 Å². The molecule has 4 nitrogen and oxygen atoms in total. The molecule has 2 rings (SSSR count). The molecule has 0 radical (unpaired) electrons. The third-order valence-electron chi connectivity index (χ3n) is 1.92. The second kappa shape index (κ2) is 3.64. The van der Waals surface area contributed by atoms with Gasteiger partial charge in [0.05, 0.1) is 5.69 Å². The van der Waals surface area contributed by atoms with Crippen molar-refractivity contribution in [3.8, 4) is 0 Å². The van der Waals surface area contributed by atoms with Crippen molar-refractivity contribution in [2.24, 2.45) is 0 Å². The minimum atomic E-state index is -2.59. The summed E-state index contributed by atoms with van der Waals surface area (Å²) in [5.41, 5.74) is 0.663. The summed E-state index contributed by atoms with van der Waals surface area (Å²) in [6.07, 6.45) is 0.678. The van der Waals surface area contributed by atoms with E-state index in [1.807, 2.05) is 0 Å². The zero-order valence-electron chi connectivity index (χ0n) is 7.52. The van der Waals surface area contributed by atoms with Crippen LogP contribution in [-0.4, -0.2) is 15.8 Å². The number of hydrogen-bond donors (Lipinski definition) is 1. The third-order valence-corrected chi connectivity index (χ3v) is 1.92. The van der Waals surface area contributed by atoms with E-state index in [0.717, 1.165) is 0 Å². The first-order chi connectivity index (χ1) is 7.20. The monoisotopic (exact) mass is 211 g/mol. The Morgan fingerprint density at radius 1 is 1.40 bits per heavy atom. The lowest BCUT2D eigenvalue weighted by atomic mass is 10.4. The van der Waals surface area contributed by atoms with E-state index in [2.05, 4.69) is 10.3 Å². The number of rotatable bonds is 3. The molecule has 0 fully saturated rings. The van der Waals surface area contributed by atoms with Crippen LogP contribution in [0.3, 0.4) is 0 Å². The minimum absolute atomic E-state index is 0.279. The van der Waals surface area contributed by atoms with E-state index in [-0.39, 0.29) is 5.69 Å². The number of fused-ring (bicyclic) bond motifs is 1. The maximum absolute atomic E-state index is 12.3. The van der Waals surface area contributed by atoms with E-state index in [1.165, 1.54) is 16.8 Å². The summed E-state index contributed by atoms with van der Waals surface area (Å²) in [6.45, 7) is 0. The van der Waals surface area contributed by atoms with Crippen LogP contribution in [0.1, 0.15) is 12.1 Å². The van der Waals surface area contributed by atoms with Gasteiger partial charge in [0, 0.05) is 12.4 Å².